The van der Waals surface area contributed by atoms with Crippen LogP contribution in [0.5, 0.6) is 5.75 Å². The van der Waals surface area contributed by atoms with Gasteiger partial charge in [-0.3, -0.25) is 9.36 Å². The lowest BCUT2D eigenvalue weighted by atomic mass is 9.96. The Balaban J connectivity index is 2.18. The van der Waals surface area contributed by atoms with Gasteiger partial charge in [-0.15, -0.1) is 0 Å². The highest BCUT2D eigenvalue weighted by molar-refractivity contribution is 7.61. The van der Waals surface area contributed by atoms with Crippen molar-refractivity contribution in [1.29, 1.82) is 0 Å². The summed E-state index contributed by atoms with van der Waals surface area (Å²) in [7, 11) is -3.35. The number of carbonyl (C=O) groups is 1. The molecule has 30 heavy (non-hydrogen) atoms. The SMILES string of the molecule is CC(C)(C)NC(=O)c1ccc2c(c1Cl)C(c1ccccc1)=CP(=O)(NC(C)(C)C)O2. The van der Waals surface area contributed by atoms with Crippen molar-refractivity contribution in [2.24, 2.45) is 0 Å². The van der Waals surface area contributed by atoms with Crippen LogP contribution in [0.3, 0.4) is 0 Å². The Bertz CT molecular complexity index is 1050. The van der Waals surface area contributed by atoms with E-state index < -0.39 is 18.6 Å². The lowest BCUT2D eigenvalue weighted by Gasteiger charge is -2.32. The van der Waals surface area contributed by atoms with Crippen LogP contribution in [0.4, 0.5) is 0 Å². The second kappa shape index (κ2) is 7.88. The molecular weight excluding hydrogens is 419 g/mol. The molecule has 0 radical (unpaired) electrons. The van der Waals surface area contributed by atoms with Crippen molar-refractivity contribution >= 4 is 30.6 Å². The van der Waals surface area contributed by atoms with Crippen molar-refractivity contribution in [2.75, 3.05) is 0 Å². The van der Waals surface area contributed by atoms with E-state index in [1.165, 1.54) is 0 Å². The van der Waals surface area contributed by atoms with Gasteiger partial charge < -0.3 is 9.84 Å². The maximum Gasteiger partial charge on any atom is 0.340 e. The molecule has 1 unspecified atom stereocenters. The van der Waals surface area contributed by atoms with Crippen LogP contribution < -0.4 is 14.9 Å². The van der Waals surface area contributed by atoms with Gasteiger partial charge in [-0.25, -0.2) is 5.09 Å². The van der Waals surface area contributed by atoms with Gasteiger partial charge in [0.25, 0.3) is 5.91 Å². The Hall–Kier alpha value is -2.07. The Morgan fingerprint density at radius 1 is 0.967 bits per heavy atom. The molecule has 0 bridgehead atoms. The third-order valence-corrected chi connectivity index (χ3v) is 6.66. The molecule has 1 amide bonds. The minimum Gasteiger partial charge on any atom is -0.429 e. The third-order valence-electron chi connectivity index (χ3n) is 4.22. The number of fused-ring (bicyclic) bond motifs is 1. The fourth-order valence-electron chi connectivity index (χ4n) is 3.23. The molecule has 0 saturated carbocycles. The molecule has 2 aromatic rings. The molecule has 1 atom stereocenters. The van der Waals surface area contributed by atoms with Crippen LogP contribution in [0.1, 0.15) is 63.0 Å². The number of benzene rings is 2. The lowest BCUT2D eigenvalue weighted by Crippen LogP contribution is -2.40. The number of amides is 1. The van der Waals surface area contributed by atoms with Crippen LogP contribution >= 0.6 is 19.1 Å². The normalized spacial score (nSPS) is 18.8. The van der Waals surface area contributed by atoms with Crippen LogP contribution in [0.2, 0.25) is 5.02 Å². The molecule has 3 rings (SSSR count). The summed E-state index contributed by atoms with van der Waals surface area (Å²) >= 11 is 6.73. The van der Waals surface area contributed by atoms with Crippen LogP contribution in [0.25, 0.3) is 5.57 Å². The monoisotopic (exact) mass is 446 g/mol. The largest absolute Gasteiger partial charge is 0.429 e. The summed E-state index contributed by atoms with van der Waals surface area (Å²) < 4.78 is 19.5. The van der Waals surface area contributed by atoms with E-state index in [-0.39, 0.29) is 10.9 Å². The topological polar surface area (TPSA) is 67.4 Å². The molecule has 1 aliphatic heterocycles. The molecule has 0 aliphatic carbocycles. The molecule has 0 aromatic heterocycles. The molecule has 7 heteroatoms. The summed E-state index contributed by atoms with van der Waals surface area (Å²) in [6.07, 6.45) is 0. The Morgan fingerprint density at radius 3 is 2.17 bits per heavy atom. The van der Waals surface area contributed by atoms with Crippen LogP contribution in [0, 0.1) is 0 Å². The van der Waals surface area contributed by atoms with Crippen LogP contribution in [-0.4, -0.2) is 17.0 Å². The first kappa shape index (κ1) is 22.6. The van der Waals surface area contributed by atoms with Gasteiger partial charge in [0.05, 0.1) is 10.6 Å². The molecule has 0 saturated heterocycles. The second-order valence-electron chi connectivity index (χ2n) is 9.46. The van der Waals surface area contributed by atoms with E-state index in [1.807, 2.05) is 71.9 Å². The number of hydrogen-bond donors (Lipinski definition) is 2. The maximum atomic E-state index is 13.6. The molecule has 1 aliphatic rings. The number of hydrogen-bond acceptors (Lipinski definition) is 3. The summed E-state index contributed by atoms with van der Waals surface area (Å²) in [5.41, 5.74) is 1.59. The average molecular weight is 447 g/mol. The number of halogens is 1. The molecule has 0 fully saturated rings. The van der Waals surface area contributed by atoms with Gasteiger partial charge in [0.2, 0.25) is 0 Å². The standard InChI is InChI=1S/C23H28ClN2O3P/c1-22(2,3)25-21(27)16-12-13-18-19(20(16)24)17(15-10-8-7-9-11-15)14-30(28,29-18)26-23(4,5)6/h7-14H,1-6H3,(H,25,27)(H,26,28). The first-order valence-corrected chi connectivity index (χ1v) is 11.9. The molecular formula is C23H28ClN2O3P. The van der Waals surface area contributed by atoms with Gasteiger partial charge in [0, 0.05) is 28.0 Å². The van der Waals surface area contributed by atoms with E-state index in [9.17, 15) is 9.36 Å². The smallest absolute Gasteiger partial charge is 0.340 e. The number of rotatable bonds is 3. The van der Waals surface area contributed by atoms with Crippen LogP contribution in [-0.2, 0) is 4.57 Å². The first-order chi connectivity index (χ1) is 13.8. The van der Waals surface area contributed by atoms with Crippen molar-refractivity contribution in [2.45, 2.75) is 52.6 Å². The number of nitrogens with one attached hydrogen (secondary N) is 2. The van der Waals surface area contributed by atoms with E-state index in [0.29, 0.717) is 22.4 Å². The van der Waals surface area contributed by atoms with Crippen molar-refractivity contribution in [3.63, 3.8) is 0 Å². The third kappa shape index (κ3) is 5.15. The summed E-state index contributed by atoms with van der Waals surface area (Å²) in [5.74, 6) is 1.71. The predicted octanol–water partition coefficient (Wildman–Crippen LogP) is 6.23. The fourth-order valence-corrected chi connectivity index (χ4v) is 5.74. The minimum atomic E-state index is -3.35. The van der Waals surface area contributed by atoms with Crippen molar-refractivity contribution in [3.8, 4) is 5.75 Å². The zero-order chi connectivity index (χ0) is 22.3. The summed E-state index contributed by atoms with van der Waals surface area (Å²) in [5, 5.41) is 6.30. The number of carbonyl (C=O) groups excluding carboxylic acids is 1. The molecule has 2 N–H and O–H groups in total. The molecule has 2 aromatic carbocycles. The van der Waals surface area contributed by atoms with Gasteiger partial charge in [0.1, 0.15) is 5.75 Å². The van der Waals surface area contributed by atoms with Gasteiger partial charge in [-0.05, 0) is 59.2 Å². The van der Waals surface area contributed by atoms with E-state index >= 15 is 0 Å². The van der Waals surface area contributed by atoms with Crippen molar-refractivity contribution in [3.05, 3.63) is 70.0 Å². The summed E-state index contributed by atoms with van der Waals surface area (Å²) in [6, 6.07) is 12.8. The molecule has 1 heterocycles. The zero-order valence-corrected chi connectivity index (χ0v) is 19.8. The molecule has 5 nitrogen and oxygen atoms in total. The van der Waals surface area contributed by atoms with Gasteiger partial charge >= 0.3 is 7.52 Å². The molecule has 0 spiro atoms. The fraction of sp³-hybridized carbons (Fsp3) is 0.348. The second-order valence-corrected chi connectivity index (χ2v) is 11.7. The average Bonchev–Trinajstić information content (AvgIpc) is 2.58. The highest BCUT2D eigenvalue weighted by atomic mass is 35.5. The van der Waals surface area contributed by atoms with Gasteiger partial charge in [-0.1, -0.05) is 41.9 Å². The zero-order valence-electron chi connectivity index (χ0n) is 18.2. The highest BCUT2D eigenvalue weighted by Gasteiger charge is 2.36. The van der Waals surface area contributed by atoms with Gasteiger partial charge in [-0.2, -0.15) is 0 Å². The Labute approximate surface area is 183 Å². The minimum absolute atomic E-state index is 0.270. The van der Waals surface area contributed by atoms with Crippen molar-refractivity contribution < 1.29 is 13.9 Å². The summed E-state index contributed by atoms with van der Waals surface area (Å²) in [4.78, 5) is 12.8. The van der Waals surface area contributed by atoms with E-state index in [0.717, 1.165) is 5.56 Å². The summed E-state index contributed by atoms with van der Waals surface area (Å²) in [6.45, 7) is 11.5. The van der Waals surface area contributed by atoms with E-state index in [4.69, 9.17) is 16.1 Å². The van der Waals surface area contributed by atoms with Crippen molar-refractivity contribution in [1.82, 2.24) is 10.4 Å². The Morgan fingerprint density at radius 2 is 1.60 bits per heavy atom. The van der Waals surface area contributed by atoms with Gasteiger partial charge in [0.15, 0.2) is 0 Å². The van der Waals surface area contributed by atoms with Crippen LogP contribution in [0.15, 0.2) is 48.3 Å². The lowest BCUT2D eigenvalue weighted by molar-refractivity contribution is 0.0919. The maximum absolute atomic E-state index is 13.6. The quantitative estimate of drug-likeness (QED) is 0.548. The van der Waals surface area contributed by atoms with E-state index in [1.54, 1.807) is 17.9 Å². The first-order valence-electron chi connectivity index (χ1n) is 9.80. The van der Waals surface area contributed by atoms with E-state index in [2.05, 4.69) is 10.4 Å². The molecule has 160 valence electrons. The highest BCUT2D eigenvalue weighted by Crippen LogP contribution is 2.56. The predicted molar refractivity (Wildman–Crippen MR) is 123 cm³/mol. The Kier molecular flexibility index (Phi) is 5.94.